The number of aryl methyl sites for hydroxylation is 1. The average Bonchev–Trinajstić information content (AvgIpc) is 3.54. The van der Waals surface area contributed by atoms with Gasteiger partial charge < -0.3 is 4.90 Å². The summed E-state index contributed by atoms with van der Waals surface area (Å²) in [4.78, 5) is 31.7. The Hall–Kier alpha value is -3.35. The maximum Gasteiger partial charge on any atom is 0.253 e. The molecule has 0 N–H and O–H groups in total. The predicted molar refractivity (Wildman–Crippen MR) is 121 cm³/mol. The molecule has 1 atom stereocenters. The lowest BCUT2D eigenvalue weighted by Crippen LogP contribution is -2.32. The fourth-order valence-corrected chi connectivity index (χ4v) is 4.55. The molecule has 1 aromatic heterocycles. The van der Waals surface area contributed by atoms with E-state index in [1.165, 1.54) is 28.8 Å². The molecule has 0 radical (unpaired) electrons. The number of amides is 1. The number of likely N-dealkylation sites (tertiary alicyclic amines) is 1. The highest BCUT2D eigenvalue weighted by Crippen LogP contribution is 2.33. The van der Waals surface area contributed by atoms with E-state index in [0.29, 0.717) is 36.5 Å². The number of hydrogen-bond acceptors (Lipinski definition) is 3. The van der Waals surface area contributed by atoms with E-state index in [9.17, 15) is 14.0 Å². The normalized spacial score (nSPS) is 18.0. The van der Waals surface area contributed by atoms with E-state index in [2.05, 4.69) is 4.98 Å². The summed E-state index contributed by atoms with van der Waals surface area (Å²) < 4.78 is 30.0. The van der Waals surface area contributed by atoms with Crippen molar-refractivity contribution in [1.82, 2.24) is 14.5 Å². The predicted octanol–water partition coefficient (Wildman–Crippen LogP) is 4.42. The second-order valence-corrected chi connectivity index (χ2v) is 9.08. The van der Waals surface area contributed by atoms with Crippen molar-refractivity contribution in [1.29, 1.82) is 0 Å². The summed E-state index contributed by atoms with van der Waals surface area (Å²) in [7, 11) is 0. The summed E-state index contributed by atoms with van der Waals surface area (Å²) in [6, 6.07) is 12.1. The number of halogens is 2. The molecule has 0 unspecified atom stereocenters. The van der Waals surface area contributed by atoms with Crippen molar-refractivity contribution >= 4 is 5.91 Å². The molecule has 5 nitrogen and oxygen atoms in total. The lowest BCUT2D eigenvalue weighted by molar-refractivity contribution is -0.131. The van der Waals surface area contributed by atoms with E-state index in [0.717, 1.165) is 19.3 Å². The van der Waals surface area contributed by atoms with Crippen LogP contribution in [0.5, 0.6) is 0 Å². The SMILES string of the molecule is Cc1cc(=O)n(C[C@@H]2CCN(C(=O)C3CC3)C2)c(-c2ccc(-c3ccc(F)cc3)cc2F)n1. The highest BCUT2D eigenvalue weighted by molar-refractivity contribution is 5.81. The Morgan fingerprint density at radius 2 is 1.76 bits per heavy atom. The topological polar surface area (TPSA) is 55.2 Å². The van der Waals surface area contributed by atoms with E-state index in [1.807, 2.05) is 4.90 Å². The molecule has 1 saturated carbocycles. The molecule has 33 heavy (non-hydrogen) atoms. The van der Waals surface area contributed by atoms with Crippen molar-refractivity contribution in [3.05, 3.63) is 76.2 Å². The first-order valence-electron chi connectivity index (χ1n) is 11.3. The number of rotatable bonds is 5. The Balaban J connectivity index is 1.44. The van der Waals surface area contributed by atoms with Crippen LogP contribution in [0.1, 0.15) is 25.0 Å². The molecule has 0 spiro atoms. The average molecular weight is 450 g/mol. The summed E-state index contributed by atoms with van der Waals surface area (Å²) in [6.07, 6.45) is 2.75. The molecule has 2 heterocycles. The van der Waals surface area contributed by atoms with E-state index in [1.54, 1.807) is 31.2 Å². The van der Waals surface area contributed by atoms with Gasteiger partial charge in [-0.2, -0.15) is 0 Å². The van der Waals surface area contributed by atoms with Crippen LogP contribution in [-0.2, 0) is 11.3 Å². The monoisotopic (exact) mass is 449 g/mol. The lowest BCUT2D eigenvalue weighted by Gasteiger charge is -2.19. The maximum absolute atomic E-state index is 15.2. The van der Waals surface area contributed by atoms with Gasteiger partial charge in [0.05, 0.1) is 5.56 Å². The number of carbonyl (C=O) groups excluding carboxylic acids is 1. The van der Waals surface area contributed by atoms with E-state index >= 15 is 4.39 Å². The zero-order chi connectivity index (χ0) is 23.1. The molecular weight excluding hydrogens is 424 g/mol. The quantitative estimate of drug-likeness (QED) is 0.579. The van der Waals surface area contributed by atoms with Crippen molar-refractivity contribution in [2.24, 2.45) is 11.8 Å². The Morgan fingerprint density at radius 1 is 1.03 bits per heavy atom. The Morgan fingerprint density at radius 3 is 2.45 bits per heavy atom. The largest absolute Gasteiger partial charge is 0.342 e. The molecular formula is C26H25F2N3O2. The van der Waals surface area contributed by atoms with Gasteiger partial charge in [0.2, 0.25) is 5.91 Å². The molecule has 0 bridgehead atoms. The standard InChI is InChI=1S/C26H25F2N3O2/c1-16-12-24(32)31(15-17-10-11-30(14-17)26(33)19-2-3-19)25(29-16)22-9-6-20(13-23(22)28)18-4-7-21(27)8-5-18/h4-9,12-13,17,19H,2-3,10-11,14-15H2,1H3/t17-/m1/s1. The zero-order valence-electron chi connectivity index (χ0n) is 18.4. The van der Waals surface area contributed by atoms with Gasteiger partial charge in [0.15, 0.2) is 0 Å². The fourth-order valence-electron chi connectivity index (χ4n) is 4.55. The first-order valence-corrected chi connectivity index (χ1v) is 11.3. The van der Waals surface area contributed by atoms with Gasteiger partial charge in [-0.3, -0.25) is 14.2 Å². The Bertz CT molecular complexity index is 1270. The molecule has 1 aliphatic heterocycles. The van der Waals surface area contributed by atoms with E-state index in [4.69, 9.17) is 0 Å². The van der Waals surface area contributed by atoms with Crippen LogP contribution in [0.3, 0.4) is 0 Å². The van der Waals surface area contributed by atoms with Crippen molar-refractivity contribution in [2.75, 3.05) is 13.1 Å². The van der Waals surface area contributed by atoms with Gasteiger partial charge in [-0.1, -0.05) is 18.2 Å². The maximum atomic E-state index is 15.2. The molecule has 1 amide bonds. The second-order valence-electron chi connectivity index (χ2n) is 9.08. The zero-order valence-corrected chi connectivity index (χ0v) is 18.4. The van der Waals surface area contributed by atoms with Gasteiger partial charge in [-0.05, 0) is 67.5 Å². The number of benzene rings is 2. The highest BCUT2D eigenvalue weighted by Gasteiger charge is 2.36. The van der Waals surface area contributed by atoms with Crippen LogP contribution in [0, 0.1) is 30.4 Å². The molecule has 1 saturated heterocycles. The number of hydrogen-bond donors (Lipinski definition) is 0. The van der Waals surface area contributed by atoms with Gasteiger partial charge in [0.25, 0.3) is 5.56 Å². The minimum atomic E-state index is -0.500. The van der Waals surface area contributed by atoms with Crippen LogP contribution in [0.4, 0.5) is 8.78 Å². The van der Waals surface area contributed by atoms with Gasteiger partial charge >= 0.3 is 0 Å². The third-order valence-corrected chi connectivity index (χ3v) is 6.49. The molecule has 7 heteroatoms. The van der Waals surface area contributed by atoms with Crippen LogP contribution < -0.4 is 5.56 Å². The van der Waals surface area contributed by atoms with Crippen molar-refractivity contribution < 1.29 is 13.6 Å². The van der Waals surface area contributed by atoms with Crippen LogP contribution in [0.2, 0.25) is 0 Å². The van der Waals surface area contributed by atoms with E-state index < -0.39 is 5.82 Å². The molecule has 2 aliphatic rings. The summed E-state index contributed by atoms with van der Waals surface area (Å²) in [5.41, 5.74) is 1.84. The Labute approximate surface area is 190 Å². The van der Waals surface area contributed by atoms with Gasteiger partial charge in [0, 0.05) is 37.3 Å². The van der Waals surface area contributed by atoms with Crippen molar-refractivity contribution in [3.8, 4) is 22.5 Å². The van der Waals surface area contributed by atoms with Gasteiger partial charge in [-0.15, -0.1) is 0 Å². The van der Waals surface area contributed by atoms with E-state index in [-0.39, 0.29) is 40.5 Å². The minimum Gasteiger partial charge on any atom is -0.342 e. The van der Waals surface area contributed by atoms with Crippen LogP contribution in [-0.4, -0.2) is 33.4 Å². The molecule has 2 aromatic carbocycles. The summed E-state index contributed by atoms with van der Waals surface area (Å²) in [5.74, 6) is -0.0511. The van der Waals surface area contributed by atoms with Crippen LogP contribution in [0.25, 0.3) is 22.5 Å². The van der Waals surface area contributed by atoms with Crippen molar-refractivity contribution in [3.63, 3.8) is 0 Å². The highest BCUT2D eigenvalue weighted by atomic mass is 19.1. The number of carbonyl (C=O) groups is 1. The number of aromatic nitrogens is 2. The van der Waals surface area contributed by atoms with Gasteiger partial charge in [-0.25, -0.2) is 13.8 Å². The Kier molecular flexibility index (Phi) is 5.56. The van der Waals surface area contributed by atoms with Gasteiger partial charge in [0.1, 0.15) is 17.5 Å². The lowest BCUT2D eigenvalue weighted by atomic mass is 10.0. The molecule has 1 aliphatic carbocycles. The second kappa shape index (κ2) is 8.54. The number of nitrogens with zero attached hydrogens (tertiary/aromatic N) is 3. The summed E-state index contributed by atoms with van der Waals surface area (Å²) in [5, 5.41) is 0. The summed E-state index contributed by atoms with van der Waals surface area (Å²) >= 11 is 0. The molecule has 2 fully saturated rings. The molecule has 170 valence electrons. The van der Waals surface area contributed by atoms with Crippen molar-refractivity contribution in [2.45, 2.75) is 32.7 Å². The first-order chi connectivity index (χ1) is 15.9. The van der Waals surface area contributed by atoms with Crippen LogP contribution >= 0.6 is 0 Å². The smallest absolute Gasteiger partial charge is 0.253 e. The third-order valence-electron chi connectivity index (χ3n) is 6.49. The first kappa shape index (κ1) is 21.5. The molecule has 5 rings (SSSR count). The summed E-state index contributed by atoms with van der Waals surface area (Å²) in [6.45, 7) is 3.41. The van der Waals surface area contributed by atoms with Crippen LogP contribution in [0.15, 0.2) is 53.3 Å². The minimum absolute atomic E-state index is 0.121. The third kappa shape index (κ3) is 4.45. The molecule has 3 aromatic rings. The fraction of sp³-hybridized carbons (Fsp3) is 0.346.